The Labute approximate surface area is 179 Å². The van der Waals surface area contributed by atoms with Crippen LogP contribution in [0.5, 0.6) is 0 Å². The smallest absolute Gasteiger partial charge is 0.259 e. The van der Waals surface area contributed by atoms with Crippen molar-refractivity contribution in [3.8, 4) is 0 Å². The molecule has 7 nitrogen and oxygen atoms in total. The summed E-state index contributed by atoms with van der Waals surface area (Å²) in [5.74, 6) is 1.12. The van der Waals surface area contributed by atoms with Gasteiger partial charge in [0.1, 0.15) is 10.7 Å². The minimum Gasteiger partial charge on any atom is -0.338 e. The molecule has 1 N–H and O–H groups in total. The molecule has 0 bridgehead atoms. The number of aryl methyl sites for hydroxylation is 2. The first-order chi connectivity index (χ1) is 13.6. The quantitative estimate of drug-likeness (QED) is 0.686. The lowest BCUT2D eigenvalue weighted by molar-refractivity contribution is -0.132. The van der Waals surface area contributed by atoms with Crippen molar-refractivity contribution >= 4 is 49.1 Å². The lowest BCUT2D eigenvalue weighted by atomic mass is 10.2. The molecule has 3 heterocycles. The fourth-order valence-corrected chi connectivity index (χ4v) is 7.21. The van der Waals surface area contributed by atoms with Crippen LogP contribution in [0.15, 0.2) is 4.79 Å². The molecule has 0 spiro atoms. The Hall–Kier alpha value is -1.39. The van der Waals surface area contributed by atoms with Crippen molar-refractivity contribution in [1.29, 1.82) is 0 Å². The molecule has 1 fully saturated rings. The molecule has 2 aromatic heterocycles. The average molecular weight is 458 g/mol. The van der Waals surface area contributed by atoms with Crippen molar-refractivity contribution in [2.24, 2.45) is 0 Å². The van der Waals surface area contributed by atoms with E-state index in [2.05, 4.69) is 9.97 Å². The largest absolute Gasteiger partial charge is 0.338 e. The van der Waals surface area contributed by atoms with Crippen molar-refractivity contribution in [2.45, 2.75) is 57.6 Å². The minimum atomic E-state index is -3.05. The van der Waals surface area contributed by atoms with Crippen molar-refractivity contribution < 1.29 is 13.2 Å². The van der Waals surface area contributed by atoms with E-state index < -0.39 is 9.84 Å². The SMILES string of the molecule is CCCN(C(=O)C(C)SCc1nc2sc(C)c(C)c2c(=O)[nH]1)C1CCS(=O)(=O)C1. The zero-order valence-corrected chi connectivity index (χ0v) is 19.6. The van der Waals surface area contributed by atoms with E-state index in [0.717, 1.165) is 21.7 Å². The van der Waals surface area contributed by atoms with Gasteiger partial charge in [-0.1, -0.05) is 6.92 Å². The molecule has 0 aromatic carbocycles. The molecule has 1 aliphatic rings. The van der Waals surface area contributed by atoms with E-state index in [9.17, 15) is 18.0 Å². The summed E-state index contributed by atoms with van der Waals surface area (Å²) in [4.78, 5) is 36.3. The van der Waals surface area contributed by atoms with Crippen LogP contribution in [0.4, 0.5) is 0 Å². The van der Waals surface area contributed by atoms with Crippen LogP contribution >= 0.6 is 23.1 Å². The highest BCUT2D eigenvalue weighted by atomic mass is 32.2. The number of aromatic amines is 1. The second-order valence-corrected chi connectivity index (χ2v) is 12.3. The summed E-state index contributed by atoms with van der Waals surface area (Å²) >= 11 is 2.91. The van der Waals surface area contributed by atoms with E-state index in [1.807, 2.05) is 27.7 Å². The number of hydrogen-bond acceptors (Lipinski definition) is 7. The highest BCUT2D eigenvalue weighted by Gasteiger charge is 2.35. The maximum Gasteiger partial charge on any atom is 0.259 e. The molecule has 1 saturated heterocycles. The van der Waals surface area contributed by atoms with Gasteiger partial charge in [-0.2, -0.15) is 0 Å². The Bertz CT molecular complexity index is 1070. The summed E-state index contributed by atoms with van der Waals surface area (Å²) in [5, 5.41) is 0.291. The molecule has 2 aromatic rings. The molecule has 0 saturated carbocycles. The van der Waals surface area contributed by atoms with Gasteiger partial charge in [-0.25, -0.2) is 13.4 Å². The fraction of sp³-hybridized carbons (Fsp3) is 0.632. The molecule has 1 aliphatic heterocycles. The van der Waals surface area contributed by atoms with E-state index in [-0.39, 0.29) is 34.3 Å². The first-order valence-corrected chi connectivity index (χ1v) is 13.4. The fourth-order valence-electron chi connectivity index (χ4n) is 3.61. The van der Waals surface area contributed by atoms with Crippen molar-refractivity contribution in [3.63, 3.8) is 0 Å². The van der Waals surface area contributed by atoms with Gasteiger partial charge in [0.15, 0.2) is 9.84 Å². The predicted molar refractivity (Wildman–Crippen MR) is 120 cm³/mol. The number of sulfone groups is 1. The van der Waals surface area contributed by atoms with Gasteiger partial charge < -0.3 is 9.88 Å². The third-order valence-electron chi connectivity index (χ3n) is 5.30. The van der Waals surface area contributed by atoms with E-state index in [1.54, 1.807) is 4.90 Å². The van der Waals surface area contributed by atoms with Gasteiger partial charge in [0.25, 0.3) is 5.56 Å². The Balaban J connectivity index is 1.70. The van der Waals surface area contributed by atoms with Crippen molar-refractivity contribution in [3.05, 3.63) is 26.6 Å². The summed E-state index contributed by atoms with van der Waals surface area (Å²) in [7, 11) is -3.05. The summed E-state index contributed by atoms with van der Waals surface area (Å²) in [6, 6.07) is -0.234. The van der Waals surface area contributed by atoms with Gasteiger partial charge in [-0.05, 0) is 39.2 Å². The number of nitrogens with zero attached hydrogens (tertiary/aromatic N) is 2. The number of rotatable bonds is 7. The Kier molecular flexibility index (Phi) is 6.74. The monoisotopic (exact) mass is 457 g/mol. The van der Waals surface area contributed by atoms with Gasteiger partial charge in [0.2, 0.25) is 5.91 Å². The number of thioether (sulfide) groups is 1. The average Bonchev–Trinajstić information content (AvgIpc) is 3.16. The molecule has 2 unspecified atom stereocenters. The third-order valence-corrected chi connectivity index (χ3v) is 9.30. The number of nitrogens with one attached hydrogen (secondary N) is 1. The molecule has 0 radical (unpaired) electrons. The molecule has 10 heteroatoms. The Morgan fingerprint density at radius 2 is 2.14 bits per heavy atom. The van der Waals surface area contributed by atoms with E-state index in [1.165, 1.54) is 23.1 Å². The lowest BCUT2D eigenvalue weighted by Crippen LogP contribution is -2.45. The zero-order valence-electron chi connectivity index (χ0n) is 17.1. The minimum absolute atomic E-state index is 0.0508. The second-order valence-electron chi connectivity index (χ2n) is 7.52. The highest BCUT2D eigenvalue weighted by molar-refractivity contribution is 7.99. The molecule has 1 amide bonds. The van der Waals surface area contributed by atoms with Gasteiger partial charge in [0.05, 0.1) is 27.9 Å². The summed E-state index contributed by atoms with van der Waals surface area (Å²) < 4.78 is 23.7. The number of H-pyrrole nitrogens is 1. The van der Waals surface area contributed by atoms with Crippen LogP contribution in [-0.2, 0) is 20.4 Å². The molecular weight excluding hydrogens is 430 g/mol. The number of amides is 1. The van der Waals surface area contributed by atoms with Gasteiger partial charge >= 0.3 is 0 Å². The van der Waals surface area contributed by atoms with Crippen LogP contribution in [-0.4, -0.2) is 58.5 Å². The van der Waals surface area contributed by atoms with E-state index in [0.29, 0.717) is 29.9 Å². The maximum absolute atomic E-state index is 13.0. The molecular formula is C19H27N3O4S3. The molecule has 3 rings (SSSR count). The first kappa shape index (κ1) is 22.3. The number of carbonyl (C=O) groups is 1. The molecule has 0 aliphatic carbocycles. The second kappa shape index (κ2) is 8.77. The summed E-state index contributed by atoms with van der Waals surface area (Å²) in [5.41, 5.74) is 0.818. The summed E-state index contributed by atoms with van der Waals surface area (Å²) in [6.07, 6.45) is 1.29. The molecule has 29 heavy (non-hydrogen) atoms. The number of fused-ring (bicyclic) bond motifs is 1. The third kappa shape index (κ3) is 4.86. The van der Waals surface area contributed by atoms with Crippen LogP contribution in [0.2, 0.25) is 0 Å². The van der Waals surface area contributed by atoms with Crippen LogP contribution in [0, 0.1) is 13.8 Å². The highest BCUT2D eigenvalue weighted by Crippen LogP contribution is 2.27. The lowest BCUT2D eigenvalue weighted by Gasteiger charge is -2.30. The van der Waals surface area contributed by atoms with E-state index >= 15 is 0 Å². The van der Waals surface area contributed by atoms with Crippen LogP contribution < -0.4 is 5.56 Å². The van der Waals surface area contributed by atoms with Gasteiger partial charge in [0, 0.05) is 17.5 Å². The number of hydrogen-bond donors (Lipinski definition) is 1. The van der Waals surface area contributed by atoms with Crippen LogP contribution in [0.1, 0.15) is 43.0 Å². The van der Waals surface area contributed by atoms with Gasteiger partial charge in [-0.3, -0.25) is 9.59 Å². The van der Waals surface area contributed by atoms with Gasteiger partial charge in [-0.15, -0.1) is 23.1 Å². The molecule has 2 atom stereocenters. The zero-order chi connectivity index (χ0) is 21.3. The van der Waals surface area contributed by atoms with E-state index in [4.69, 9.17) is 0 Å². The summed E-state index contributed by atoms with van der Waals surface area (Å²) in [6.45, 7) is 8.26. The topological polar surface area (TPSA) is 100 Å². The number of aromatic nitrogens is 2. The maximum atomic E-state index is 13.0. The molecule has 160 valence electrons. The standard InChI is InChI=1S/C19H27N3O4S3/c1-5-7-22(14-6-8-29(25,26)10-14)19(24)13(4)27-9-15-20-17(23)16-11(2)12(3)28-18(16)21-15/h13-14H,5-10H2,1-4H3,(H,20,21,23). The number of thiophene rings is 1. The van der Waals surface area contributed by atoms with Crippen LogP contribution in [0.25, 0.3) is 10.2 Å². The number of carbonyl (C=O) groups excluding carboxylic acids is 1. The Morgan fingerprint density at radius 1 is 1.41 bits per heavy atom. The van der Waals surface area contributed by atoms with Crippen molar-refractivity contribution in [2.75, 3.05) is 18.1 Å². The predicted octanol–water partition coefficient (Wildman–Crippen LogP) is 2.65. The Morgan fingerprint density at radius 3 is 2.76 bits per heavy atom. The van der Waals surface area contributed by atoms with Crippen LogP contribution in [0.3, 0.4) is 0 Å². The normalized spacial score (nSPS) is 19.5. The first-order valence-electron chi connectivity index (χ1n) is 9.74. The van der Waals surface area contributed by atoms with Crippen molar-refractivity contribution in [1.82, 2.24) is 14.9 Å².